The lowest BCUT2D eigenvalue weighted by Gasteiger charge is -2.51. The first-order chi connectivity index (χ1) is 20.4. The van der Waals surface area contributed by atoms with Crippen LogP contribution in [0.1, 0.15) is 56.9 Å². The number of carbonyl (C=O) groups excluding carboxylic acids is 1. The second-order valence-corrected chi connectivity index (χ2v) is 13.9. The quantitative estimate of drug-likeness (QED) is 0.329. The van der Waals surface area contributed by atoms with E-state index in [1.807, 2.05) is 30.3 Å². The van der Waals surface area contributed by atoms with Crippen LogP contribution in [0.3, 0.4) is 0 Å². The molecule has 224 valence electrons. The van der Waals surface area contributed by atoms with Crippen LogP contribution in [0, 0.1) is 34.9 Å². The molecule has 3 saturated heterocycles. The first-order valence-corrected chi connectivity index (χ1v) is 15.7. The van der Waals surface area contributed by atoms with Crippen LogP contribution in [-0.2, 0) is 14.3 Å². The van der Waals surface area contributed by atoms with E-state index >= 15 is 0 Å². The molecule has 0 N–H and O–H groups in total. The molecular weight excluding hydrogens is 537 g/mol. The third kappa shape index (κ3) is 4.66. The zero-order valence-electron chi connectivity index (χ0n) is 24.3. The van der Waals surface area contributed by atoms with Crippen molar-refractivity contribution in [2.45, 2.75) is 63.1 Å². The van der Waals surface area contributed by atoms with Gasteiger partial charge < -0.3 is 28.6 Å². The molecule has 6 aliphatic rings. The van der Waals surface area contributed by atoms with Gasteiger partial charge in [-0.15, -0.1) is 0 Å². The molecule has 4 heterocycles. The minimum absolute atomic E-state index is 0.0215. The summed E-state index contributed by atoms with van der Waals surface area (Å²) in [5.74, 6) is 3.01. The van der Waals surface area contributed by atoms with E-state index in [9.17, 15) is 9.18 Å². The van der Waals surface area contributed by atoms with Crippen molar-refractivity contribution < 1.29 is 32.9 Å². The van der Waals surface area contributed by atoms with Crippen molar-refractivity contribution in [2.24, 2.45) is 29.1 Å². The van der Waals surface area contributed by atoms with Crippen LogP contribution in [0.5, 0.6) is 17.2 Å². The minimum Gasteiger partial charge on any atom is -0.493 e. The number of esters is 1. The zero-order valence-corrected chi connectivity index (χ0v) is 24.3. The van der Waals surface area contributed by atoms with E-state index < -0.39 is 0 Å². The molecule has 2 saturated carbocycles. The van der Waals surface area contributed by atoms with Gasteiger partial charge >= 0.3 is 5.97 Å². The van der Waals surface area contributed by atoms with Gasteiger partial charge in [-0.3, -0.25) is 4.79 Å². The summed E-state index contributed by atoms with van der Waals surface area (Å²) in [5, 5.41) is 0. The van der Waals surface area contributed by atoms with Crippen LogP contribution in [-0.4, -0.2) is 62.2 Å². The van der Waals surface area contributed by atoms with Crippen LogP contribution in [0.15, 0.2) is 42.5 Å². The number of likely N-dealkylation sites (tertiary alicyclic amines) is 1. The Hall–Kier alpha value is -2.84. The summed E-state index contributed by atoms with van der Waals surface area (Å²) < 4.78 is 43.3. The SMILES string of the molecule is CC12CCCC3(CO3)C1CC1C(C2)OC(=O)C1CN1CCC(c2ccc(F)cc2)C(COc2ccc3c(c2)OCO3)C1. The molecule has 8 unspecified atom stereocenters. The fraction of sp³-hybridized carbons (Fsp3) is 0.618. The average Bonchev–Trinajstić information content (AvgIpc) is 3.47. The molecule has 0 radical (unpaired) electrons. The number of piperidine rings is 1. The van der Waals surface area contributed by atoms with Gasteiger partial charge in [-0.1, -0.05) is 19.1 Å². The highest BCUT2D eigenvalue weighted by atomic mass is 19.1. The highest BCUT2D eigenvalue weighted by molar-refractivity contribution is 5.75. The van der Waals surface area contributed by atoms with E-state index in [-0.39, 0.29) is 59.4 Å². The Bertz CT molecular complexity index is 1350. The van der Waals surface area contributed by atoms with Crippen LogP contribution in [0.4, 0.5) is 4.39 Å². The molecular formula is C34H40FNO6. The maximum absolute atomic E-state index is 13.8. The molecule has 1 spiro atoms. The number of benzene rings is 2. The highest BCUT2D eigenvalue weighted by Crippen LogP contribution is 2.63. The fourth-order valence-electron chi connectivity index (χ4n) is 9.20. The molecule has 2 aromatic rings. The molecule has 0 amide bonds. The van der Waals surface area contributed by atoms with Gasteiger partial charge in [0.25, 0.3) is 0 Å². The van der Waals surface area contributed by atoms with E-state index in [4.69, 9.17) is 23.7 Å². The average molecular weight is 578 g/mol. The molecule has 4 aliphatic heterocycles. The lowest BCUT2D eigenvalue weighted by molar-refractivity contribution is -0.147. The molecule has 42 heavy (non-hydrogen) atoms. The van der Waals surface area contributed by atoms with Crippen LogP contribution in [0.2, 0.25) is 0 Å². The second kappa shape index (κ2) is 10.1. The Kier molecular flexibility index (Phi) is 6.45. The van der Waals surface area contributed by atoms with Gasteiger partial charge in [0, 0.05) is 31.0 Å². The Morgan fingerprint density at radius 2 is 1.93 bits per heavy atom. The molecule has 8 rings (SSSR count). The van der Waals surface area contributed by atoms with Gasteiger partial charge in [-0.2, -0.15) is 0 Å². The highest BCUT2D eigenvalue weighted by Gasteiger charge is 2.65. The summed E-state index contributed by atoms with van der Waals surface area (Å²) in [6.45, 7) is 6.44. The first kappa shape index (κ1) is 26.8. The van der Waals surface area contributed by atoms with Crippen molar-refractivity contribution in [3.8, 4) is 17.2 Å². The largest absolute Gasteiger partial charge is 0.493 e. The molecule has 7 nitrogen and oxygen atoms in total. The van der Waals surface area contributed by atoms with E-state index in [1.165, 1.54) is 12.8 Å². The van der Waals surface area contributed by atoms with Crippen LogP contribution in [0.25, 0.3) is 0 Å². The van der Waals surface area contributed by atoms with E-state index in [0.29, 0.717) is 24.8 Å². The third-order valence-corrected chi connectivity index (χ3v) is 11.5. The van der Waals surface area contributed by atoms with E-state index in [1.54, 1.807) is 12.1 Å². The summed E-state index contributed by atoms with van der Waals surface area (Å²) in [7, 11) is 0. The number of carbonyl (C=O) groups is 1. The van der Waals surface area contributed by atoms with Gasteiger partial charge in [0.05, 0.1) is 24.7 Å². The Labute approximate surface area is 246 Å². The van der Waals surface area contributed by atoms with E-state index in [0.717, 1.165) is 62.4 Å². The molecule has 8 heteroatoms. The predicted octanol–water partition coefficient (Wildman–Crippen LogP) is 5.57. The fourth-order valence-corrected chi connectivity index (χ4v) is 9.20. The summed E-state index contributed by atoms with van der Waals surface area (Å²) >= 11 is 0. The van der Waals surface area contributed by atoms with Crippen LogP contribution < -0.4 is 14.2 Å². The Morgan fingerprint density at radius 3 is 2.76 bits per heavy atom. The van der Waals surface area contributed by atoms with Gasteiger partial charge in [0.2, 0.25) is 6.79 Å². The standard InChI is InChI=1S/C34H40FNO6/c1-33-10-2-11-34(19-41-34)31(33)14-26-27(32(37)42-30(26)15-33)17-36-12-9-25(21-3-5-23(35)6-4-21)22(16-36)18-38-24-7-8-28-29(13-24)40-20-39-28/h3-8,13,22,25-27,30-31H,2,9-12,14-20H2,1H3. The number of fused-ring (bicyclic) bond motifs is 4. The second-order valence-electron chi connectivity index (χ2n) is 13.9. The van der Waals surface area contributed by atoms with Gasteiger partial charge in [0.1, 0.15) is 17.7 Å². The van der Waals surface area contributed by atoms with E-state index in [2.05, 4.69) is 11.8 Å². The smallest absolute Gasteiger partial charge is 0.310 e. The van der Waals surface area contributed by atoms with Crippen molar-refractivity contribution >= 4 is 5.97 Å². The van der Waals surface area contributed by atoms with Crippen molar-refractivity contribution in [2.75, 3.05) is 39.6 Å². The monoisotopic (exact) mass is 577 g/mol. The number of nitrogens with zero attached hydrogens (tertiary/aromatic N) is 1. The van der Waals surface area contributed by atoms with Crippen LogP contribution >= 0.6 is 0 Å². The van der Waals surface area contributed by atoms with Crippen molar-refractivity contribution in [3.63, 3.8) is 0 Å². The molecule has 0 aromatic heterocycles. The number of ether oxygens (including phenoxy) is 5. The Balaban J connectivity index is 0.985. The number of epoxide rings is 1. The van der Waals surface area contributed by atoms with Crippen molar-refractivity contribution in [1.29, 1.82) is 0 Å². The summed E-state index contributed by atoms with van der Waals surface area (Å²) in [5.41, 5.74) is 1.39. The lowest BCUT2D eigenvalue weighted by atomic mass is 9.53. The lowest BCUT2D eigenvalue weighted by Crippen LogP contribution is -2.51. The summed E-state index contributed by atoms with van der Waals surface area (Å²) in [6.07, 6.45) is 6.52. The van der Waals surface area contributed by atoms with Gasteiger partial charge in [-0.05, 0) is 92.1 Å². The number of hydrogen-bond donors (Lipinski definition) is 0. The van der Waals surface area contributed by atoms with Gasteiger partial charge in [-0.25, -0.2) is 4.39 Å². The third-order valence-electron chi connectivity index (χ3n) is 11.5. The van der Waals surface area contributed by atoms with Crippen molar-refractivity contribution in [1.82, 2.24) is 4.90 Å². The molecule has 5 fully saturated rings. The zero-order chi connectivity index (χ0) is 28.5. The number of rotatable bonds is 6. The number of halogens is 1. The normalized spacial score (nSPS) is 38.6. The maximum atomic E-state index is 13.8. The molecule has 2 aliphatic carbocycles. The van der Waals surface area contributed by atoms with Crippen molar-refractivity contribution in [3.05, 3.63) is 53.8 Å². The maximum Gasteiger partial charge on any atom is 0.310 e. The topological polar surface area (TPSA) is 69.8 Å². The minimum atomic E-state index is -0.224. The summed E-state index contributed by atoms with van der Waals surface area (Å²) in [6, 6.07) is 12.6. The first-order valence-electron chi connectivity index (χ1n) is 15.7. The molecule has 8 atom stereocenters. The van der Waals surface area contributed by atoms with Gasteiger partial charge in [0.15, 0.2) is 11.5 Å². The molecule has 2 aromatic carbocycles. The Morgan fingerprint density at radius 1 is 1.10 bits per heavy atom. The summed E-state index contributed by atoms with van der Waals surface area (Å²) in [4.78, 5) is 15.8. The predicted molar refractivity (Wildman–Crippen MR) is 152 cm³/mol. The number of hydrogen-bond acceptors (Lipinski definition) is 7. The molecule has 0 bridgehead atoms.